The molecule has 0 atom stereocenters. The molecule has 0 bridgehead atoms. The highest BCUT2D eigenvalue weighted by Gasteiger charge is 1.59. The molecule has 0 heteroatoms. The average Bonchev–Trinajstić information content (AvgIpc) is 2.39. The summed E-state index contributed by atoms with van der Waals surface area (Å²) in [7, 11) is 0. The monoisotopic (exact) mass is 234 g/mol. The van der Waals surface area contributed by atoms with Crippen LogP contribution in [0, 0.1) is 0 Å². The van der Waals surface area contributed by atoms with Gasteiger partial charge in [0.05, 0.1) is 0 Å². The third-order valence-corrected chi connectivity index (χ3v) is 2.00. The lowest BCUT2D eigenvalue weighted by molar-refractivity contribution is 1.72. The van der Waals surface area contributed by atoms with Crippen LogP contribution in [-0.2, 0) is 0 Å². The molecule has 0 heterocycles. The molecule has 0 aliphatic carbocycles. The Morgan fingerprint density at radius 3 is 0.222 bits per heavy atom. The van der Waals surface area contributed by atoms with Gasteiger partial charge < -0.3 is 0 Å². The van der Waals surface area contributed by atoms with Crippen molar-refractivity contribution in [3.05, 3.63) is 109 Å². The van der Waals surface area contributed by atoms with Crippen LogP contribution in [0.4, 0.5) is 0 Å². The number of hydrogen-bond donors (Lipinski definition) is 0. The van der Waals surface area contributed by atoms with Crippen LogP contribution in [-0.4, -0.2) is 0 Å². The molecule has 0 radical (unpaired) electrons. The Kier molecular flexibility index (Phi) is 8.50. The molecule has 0 unspecified atom stereocenters. The Hall–Kier alpha value is -2.34. The third kappa shape index (κ3) is 8.93. The average molecular weight is 234 g/mol. The van der Waals surface area contributed by atoms with Gasteiger partial charge in [-0.3, -0.25) is 0 Å². The van der Waals surface area contributed by atoms with E-state index in [-0.39, 0.29) is 0 Å². The maximum absolute atomic E-state index is 2.00. The Morgan fingerprint density at radius 2 is 0.167 bits per heavy atom. The van der Waals surface area contributed by atoms with E-state index >= 15 is 0 Å². The molecule has 0 aromatic heterocycles. The van der Waals surface area contributed by atoms with E-state index < -0.39 is 0 Å². The Morgan fingerprint density at radius 1 is 0.111 bits per heavy atom. The first-order valence-electron chi connectivity index (χ1n) is 6.00. The lowest BCUT2D eigenvalue weighted by Gasteiger charge is -1.69. The topological polar surface area (TPSA) is 0 Å². The number of hydrogen-bond acceptors (Lipinski definition) is 0. The lowest BCUT2D eigenvalue weighted by atomic mass is 10.4. The molecule has 0 saturated heterocycles. The third-order valence-electron chi connectivity index (χ3n) is 2.00. The van der Waals surface area contributed by atoms with E-state index in [1.54, 1.807) is 0 Å². The van der Waals surface area contributed by atoms with Crippen molar-refractivity contribution in [3.8, 4) is 0 Å². The maximum Gasteiger partial charge on any atom is -0.0623 e. The smallest absolute Gasteiger partial charge is 0.0623 e. The van der Waals surface area contributed by atoms with Gasteiger partial charge in [-0.1, -0.05) is 109 Å². The molecule has 0 N–H and O–H groups in total. The second-order valence-electron chi connectivity index (χ2n) is 3.46. The molecule has 18 heavy (non-hydrogen) atoms. The normalized spacial score (nSPS) is 8.00. The first-order chi connectivity index (χ1) is 9.00. The van der Waals surface area contributed by atoms with E-state index in [1.165, 1.54) is 0 Å². The number of rotatable bonds is 0. The van der Waals surface area contributed by atoms with Crippen LogP contribution in [0.25, 0.3) is 0 Å². The summed E-state index contributed by atoms with van der Waals surface area (Å²) in [5.41, 5.74) is 0. The standard InChI is InChI=1S/C18H18/c1-2-4-6-8-10-12-14-16-18-17-15-13-11-9-7-5-3-1/h1-18H. The minimum atomic E-state index is 2.00. The Bertz CT molecular complexity index is 291. The van der Waals surface area contributed by atoms with E-state index in [9.17, 15) is 0 Å². The summed E-state index contributed by atoms with van der Waals surface area (Å²) >= 11 is 0. The minimum absolute atomic E-state index is 2.00. The summed E-state index contributed by atoms with van der Waals surface area (Å²) in [5, 5.41) is 0. The largest absolute Gasteiger partial charge is 0.0623 e. The molecule has 0 amide bonds. The Labute approximate surface area is 110 Å². The quantitative estimate of drug-likeness (QED) is 0.588. The van der Waals surface area contributed by atoms with E-state index in [4.69, 9.17) is 0 Å². The first-order valence-corrected chi connectivity index (χ1v) is 6.00. The zero-order chi connectivity index (χ0) is 12.7. The van der Waals surface area contributed by atoms with Crippen molar-refractivity contribution in [1.29, 1.82) is 0 Å². The molecule has 0 aliphatic rings. The molecule has 90 valence electrons. The molecule has 0 spiro atoms. The summed E-state index contributed by atoms with van der Waals surface area (Å²) in [6.07, 6.45) is 0. The van der Waals surface area contributed by atoms with E-state index in [1.807, 2.05) is 109 Å². The predicted octanol–water partition coefficient (Wildman–Crippen LogP) is 5.06. The van der Waals surface area contributed by atoms with Crippen LogP contribution >= 0.6 is 0 Å². The summed E-state index contributed by atoms with van der Waals surface area (Å²) < 4.78 is 0. The predicted molar refractivity (Wildman–Crippen MR) is 79.3 cm³/mol. The molecule has 0 fully saturated rings. The van der Waals surface area contributed by atoms with Crippen LogP contribution in [0.2, 0.25) is 0 Å². The van der Waals surface area contributed by atoms with Gasteiger partial charge in [0.1, 0.15) is 0 Å². The van der Waals surface area contributed by atoms with Crippen molar-refractivity contribution in [2.24, 2.45) is 0 Å². The zero-order valence-corrected chi connectivity index (χ0v) is 10.4. The van der Waals surface area contributed by atoms with Crippen LogP contribution in [0.5, 0.6) is 0 Å². The van der Waals surface area contributed by atoms with Gasteiger partial charge in [-0.05, 0) is 0 Å². The molecule has 0 nitrogen and oxygen atoms in total. The van der Waals surface area contributed by atoms with Gasteiger partial charge >= 0.3 is 0 Å². The van der Waals surface area contributed by atoms with E-state index in [0.29, 0.717) is 0 Å². The van der Waals surface area contributed by atoms with Gasteiger partial charge in [0.15, 0.2) is 0 Å². The SMILES string of the molecule is c1ccccccccccccccccc1. The minimum Gasteiger partial charge on any atom is -0.0623 e. The second kappa shape index (κ2) is 11.2. The molecule has 0 aliphatic heterocycles. The van der Waals surface area contributed by atoms with Crippen molar-refractivity contribution in [3.63, 3.8) is 0 Å². The van der Waals surface area contributed by atoms with Crippen LogP contribution in [0.15, 0.2) is 109 Å². The molecule has 1 rings (SSSR count). The van der Waals surface area contributed by atoms with Gasteiger partial charge in [0, 0.05) is 0 Å². The Balaban J connectivity index is 3.00. The van der Waals surface area contributed by atoms with Crippen LogP contribution < -0.4 is 0 Å². The summed E-state index contributed by atoms with van der Waals surface area (Å²) in [4.78, 5) is 0. The fourth-order valence-electron chi connectivity index (χ4n) is 1.15. The second-order valence-corrected chi connectivity index (χ2v) is 3.46. The van der Waals surface area contributed by atoms with Crippen LogP contribution in [0.1, 0.15) is 0 Å². The van der Waals surface area contributed by atoms with Crippen molar-refractivity contribution in [2.45, 2.75) is 0 Å². The van der Waals surface area contributed by atoms with Crippen LogP contribution in [0.3, 0.4) is 0 Å². The van der Waals surface area contributed by atoms with Gasteiger partial charge in [0.2, 0.25) is 0 Å². The highest BCUT2D eigenvalue weighted by Crippen LogP contribution is 1.81. The summed E-state index contributed by atoms with van der Waals surface area (Å²) in [5.74, 6) is 0. The fourth-order valence-corrected chi connectivity index (χ4v) is 1.15. The molecular formula is C18H18. The lowest BCUT2D eigenvalue weighted by Crippen LogP contribution is -1.47. The van der Waals surface area contributed by atoms with Crippen molar-refractivity contribution in [2.75, 3.05) is 0 Å². The molecular weight excluding hydrogens is 216 g/mol. The van der Waals surface area contributed by atoms with Gasteiger partial charge in [-0.2, -0.15) is 0 Å². The maximum atomic E-state index is 2.00. The summed E-state index contributed by atoms with van der Waals surface area (Å²) in [6.45, 7) is 0. The van der Waals surface area contributed by atoms with E-state index in [2.05, 4.69) is 0 Å². The zero-order valence-electron chi connectivity index (χ0n) is 10.4. The highest BCUT2D eigenvalue weighted by atomic mass is 13.7. The van der Waals surface area contributed by atoms with Crippen molar-refractivity contribution < 1.29 is 0 Å². The highest BCUT2D eigenvalue weighted by molar-refractivity contribution is 5.00. The van der Waals surface area contributed by atoms with E-state index in [0.717, 1.165) is 0 Å². The summed E-state index contributed by atoms with van der Waals surface area (Å²) in [6, 6.07) is 36.0. The first kappa shape index (κ1) is 13.7. The van der Waals surface area contributed by atoms with Gasteiger partial charge in [-0.15, -0.1) is 0 Å². The molecule has 1 aromatic carbocycles. The van der Waals surface area contributed by atoms with Gasteiger partial charge in [0.25, 0.3) is 0 Å². The molecule has 1 aromatic rings. The fraction of sp³-hybridized carbons (Fsp3) is 0. The molecule has 0 saturated carbocycles. The van der Waals surface area contributed by atoms with Crippen molar-refractivity contribution >= 4 is 0 Å². The van der Waals surface area contributed by atoms with Crippen molar-refractivity contribution in [1.82, 2.24) is 0 Å². The van der Waals surface area contributed by atoms with Gasteiger partial charge in [-0.25, -0.2) is 0 Å².